The molecule has 1 aromatic rings. The van der Waals surface area contributed by atoms with Crippen molar-refractivity contribution in [3.05, 3.63) is 23.9 Å². The van der Waals surface area contributed by atoms with Crippen LogP contribution in [-0.2, 0) is 0 Å². The Morgan fingerprint density at radius 3 is 2.59 bits per heavy atom. The SMILES string of the molecule is CC(C)CCC(C)NC(=O)c1ccc(N)nc1. The predicted octanol–water partition coefficient (Wildman–Crippen LogP) is 2.22. The molecular formula is C13H21N3O. The van der Waals surface area contributed by atoms with Crippen molar-refractivity contribution >= 4 is 11.7 Å². The van der Waals surface area contributed by atoms with Gasteiger partial charge in [0.1, 0.15) is 5.82 Å². The Labute approximate surface area is 103 Å². The van der Waals surface area contributed by atoms with Gasteiger partial charge < -0.3 is 11.1 Å². The summed E-state index contributed by atoms with van der Waals surface area (Å²) in [6.45, 7) is 6.38. The van der Waals surface area contributed by atoms with E-state index in [0.717, 1.165) is 12.8 Å². The fourth-order valence-corrected chi connectivity index (χ4v) is 1.50. The number of pyridine rings is 1. The molecule has 0 spiro atoms. The zero-order chi connectivity index (χ0) is 12.8. The minimum atomic E-state index is -0.0891. The average molecular weight is 235 g/mol. The van der Waals surface area contributed by atoms with Crippen LogP contribution >= 0.6 is 0 Å². The first-order valence-corrected chi connectivity index (χ1v) is 6.01. The fraction of sp³-hybridized carbons (Fsp3) is 0.538. The molecular weight excluding hydrogens is 214 g/mol. The molecule has 3 N–H and O–H groups in total. The van der Waals surface area contributed by atoms with Gasteiger partial charge in [-0.3, -0.25) is 4.79 Å². The fourth-order valence-electron chi connectivity index (χ4n) is 1.50. The van der Waals surface area contributed by atoms with Crippen LogP contribution in [0.1, 0.15) is 44.0 Å². The minimum Gasteiger partial charge on any atom is -0.384 e. The van der Waals surface area contributed by atoms with E-state index >= 15 is 0 Å². The molecule has 1 rings (SSSR count). The van der Waals surface area contributed by atoms with E-state index in [4.69, 9.17) is 5.73 Å². The standard InChI is InChI=1S/C13H21N3O/c1-9(2)4-5-10(3)16-13(17)11-6-7-12(14)15-8-11/h6-10H,4-5H2,1-3H3,(H2,14,15)(H,16,17). The Morgan fingerprint density at radius 1 is 1.35 bits per heavy atom. The summed E-state index contributed by atoms with van der Waals surface area (Å²) in [5.41, 5.74) is 6.02. The van der Waals surface area contributed by atoms with Gasteiger partial charge in [-0.05, 0) is 37.8 Å². The summed E-state index contributed by atoms with van der Waals surface area (Å²) in [7, 11) is 0. The highest BCUT2D eigenvalue weighted by molar-refractivity contribution is 5.94. The van der Waals surface area contributed by atoms with E-state index in [9.17, 15) is 4.79 Å². The number of nitrogens with one attached hydrogen (secondary N) is 1. The number of nitrogens with zero attached hydrogens (tertiary/aromatic N) is 1. The second-order valence-corrected chi connectivity index (χ2v) is 4.82. The van der Waals surface area contributed by atoms with Crippen molar-refractivity contribution < 1.29 is 4.79 Å². The molecule has 0 aliphatic rings. The summed E-state index contributed by atoms with van der Waals surface area (Å²) in [6, 6.07) is 3.50. The zero-order valence-corrected chi connectivity index (χ0v) is 10.7. The smallest absolute Gasteiger partial charge is 0.253 e. The Kier molecular flexibility index (Phi) is 4.94. The first-order chi connectivity index (χ1) is 7.99. The van der Waals surface area contributed by atoms with E-state index in [-0.39, 0.29) is 11.9 Å². The lowest BCUT2D eigenvalue weighted by Gasteiger charge is -2.14. The molecule has 4 heteroatoms. The monoisotopic (exact) mass is 235 g/mol. The molecule has 17 heavy (non-hydrogen) atoms. The summed E-state index contributed by atoms with van der Waals surface area (Å²) in [4.78, 5) is 15.7. The second kappa shape index (κ2) is 6.23. The molecule has 1 atom stereocenters. The Hall–Kier alpha value is -1.58. The molecule has 0 aromatic carbocycles. The van der Waals surface area contributed by atoms with E-state index in [1.807, 2.05) is 6.92 Å². The van der Waals surface area contributed by atoms with Crippen molar-refractivity contribution in [2.75, 3.05) is 5.73 Å². The number of nitrogens with two attached hydrogens (primary N) is 1. The maximum absolute atomic E-state index is 11.8. The highest BCUT2D eigenvalue weighted by atomic mass is 16.1. The number of anilines is 1. The van der Waals surface area contributed by atoms with Crippen LogP contribution in [-0.4, -0.2) is 16.9 Å². The number of nitrogen functional groups attached to an aromatic ring is 1. The third-order valence-electron chi connectivity index (χ3n) is 2.60. The molecule has 0 aliphatic carbocycles. The van der Waals surface area contributed by atoms with Crippen LogP contribution in [0.25, 0.3) is 0 Å². The first kappa shape index (κ1) is 13.5. The van der Waals surface area contributed by atoms with Crippen molar-refractivity contribution in [1.29, 1.82) is 0 Å². The van der Waals surface area contributed by atoms with Crippen LogP contribution in [0.4, 0.5) is 5.82 Å². The van der Waals surface area contributed by atoms with Gasteiger partial charge in [0.05, 0.1) is 5.56 Å². The molecule has 1 aromatic heterocycles. The summed E-state index contributed by atoms with van der Waals surface area (Å²) >= 11 is 0. The maximum Gasteiger partial charge on any atom is 0.253 e. The van der Waals surface area contributed by atoms with E-state index in [1.54, 1.807) is 12.1 Å². The van der Waals surface area contributed by atoms with Crippen LogP contribution in [0.15, 0.2) is 18.3 Å². The van der Waals surface area contributed by atoms with Crippen LogP contribution < -0.4 is 11.1 Å². The molecule has 1 unspecified atom stereocenters. The number of aromatic nitrogens is 1. The summed E-state index contributed by atoms with van der Waals surface area (Å²) in [5, 5.41) is 2.95. The third-order valence-corrected chi connectivity index (χ3v) is 2.60. The maximum atomic E-state index is 11.8. The van der Waals surface area contributed by atoms with Gasteiger partial charge in [-0.2, -0.15) is 0 Å². The third kappa shape index (κ3) is 4.85. The van der Waals surface area contributed by atoms with Crippen molar-refractivity contribution in [2.24, 2.45) is 5.92 Å². The molecule has 0 bridgehead atoms. The van der Waals surface area contributed by atoms with Gasteiger partial charge in [0.25, 0.3) is 5.91 Å². The van der Waals surface area contributed by atoms with Gasteiger partial charge in [0.15, 0.2) is 0 Å². The number of amides is 1. The van der Waals surface area contributed by atoms with E-state index in [1.165, 1.54) is 6.20 Å². The molecule has 4 nitrogen and oxygen atoms in total. The Balaban J connectivity index is 2.46. The number of hydrogen-bond donors (Lipinski definition) is 2. The van der Waals surface area contributed by atoms with Crippen molar-refractivity contribution in [2.45, 2.75) is 39.7 Å². The summed E-state index contributed by atoms with van der Waals surface area (Å²) in [5.74, 6) is 0.996. The van der Waals surface area contributed by atoms with Crippen LogP contribution in [0, 0.1) is 5.92 Å². The Bertz CT molecular complexity index is 359. The van der Waals surface area contributed by atoms with Crippen molar-refractivity contribution in [1.82, 2.24) is 10.3 Å². The summed E-state index contributed by atoms with van der Waals surface area (Å²) in [6.07, 6.45) is 3.60. The van der Waals surface area contributed by atoms with E-state index in [2.05, 4.69) is 24.1 Å². The minimum absolute atomic E-state index is 0.0891. The average Bonchev–Trinajstić information content (AvgIpc) is 2.27. The summed E-state index contributed by atoms with van der Waals surface area (Å²) < 4.78 is 0. The van der Waals surface area contributed by atoms with Gasteiger partial charge in [-0.15, -0.1) is 0 Å². The van der Waals surface area contributed by atoms with Crippen molar-refractivity contribution in [3.8, 4) is 0 Å². The molecule has 0 fully saturated rings. The molecule has 1 amide bonds. The molecule has 0 saturated carbocycles. The zero-order valence-electron chi connectivity index (χ0n) is 10.7. The van der Waals surface area contributed by atoms with Gasteiger partial charge in [0.2, 0.25) is 0 Å². The van der Waals surface area contributed by atoms with E-state index in [0.29, 0.717) is 17.3 Å². The van der Waals surface area contributed by atoms with Crippen molar-refractivity contribution in [3.63, 3.8) is 0 Å². The quantitative estimate of drug-likeness (QED) is 0.822. The molecule has 0 saturated heterocycles. The van der Waals surface area contributed by atoms with Gasteiger partial charge >= 0.3 is 0 Å². The molecule has 0 radical (unpaired) electrons. The van der Waals surface area contributed by atoms with Crippen LogP contribution in [0.2, 0.25) is 0 Å². The topological polar surface area (TPSA) is 68.0 Å². The lowest BCUT2D eigenvalue weighted by molar-refractivity contribution is 0.0937. The molecule has 1 heterocycles. The van der Waals surface area contributed by atoms with Gasteiger partial charge in [-0.1, -0.05) is 13.8 Å². The number of carbonyl (C=O) groups is 1. The number of carbonyl (C=O) groups excluding carboxylic acids is 1. The number of hydrogen-bond acceptors (Lipinski definition) is 3. The highest BCUT2D eigenvalue weighted by Crippen LogP contribution is 2.07. The van der Waals surface area contributed by atoms with E-state index < -0.39 is 0 Å². The second-order valence-electron chi connectivity index (χ2n) is 4.82. The normalized spacial score (nSPS) is 12.5. The van der Waals surface area contributed by atoms with Crippen LogP contribution in [0.5, 0.6) is 0 Å². The lowest BCUT2D eigenvalue weighted by atomic mass is 10.0. The van der Waals surface area contributed by atoms with Crippen LogP contribution in [0.3, 0.4) is 0 Å². The number of rotatable bonds is 5. The molecule has 94 valence electrons. The lowest BCUT2D eigenvalue weighted by Crippen LogP contribution is -2.32. The Morgan fingerprint density at radius 2 is 2.06 bits per heavy atom. The van der Waals surface area contributed by atoms with Gasteiger partial charge in [-0.25, -0.2) is 4.98 Å². The highest BCUT2D eigenvalue weighted by Gasteiger charge is 2.10. The largest absolute Gasteiger partial charge is 0.384 e. The predicted molar refractivity (Wildman–Crippen MR) is 69.6 cm³/mol. The molecule has 0 aliphatic heterocycles. The van der Waals surface area contributed by atoms with Gasteiger partial charge in [0, 0.05) is 12.2 Å². The first-order valence-electron chi connectivity index (χ1n) is 6.01.